The summed E-state index contributed by atoms with van der Waals surface area (Å²) < 4.78 is 38.6. The lowest BCUT2D eigenvalue weighted by Crippen LogP contribution is -2.26. The molecule has 0 bridgehead atoms. The van der Waals surface area contributed by atoms with Crippen molar-refractivity contribution in [1.29, 1.82) is 0 Å². The molecule has 0 radical (unpaired) electrons. The van der Waals surface area contributed by atoms with Crippen molar-refractivity contribution in [3.05, 3.63) is 101 Å². The Hall–Kier alpha value is -2.73. The van der Waals surface area contributed by atoms with Crippen LogP contribution in [0.15, 0.2) is 83.8 Å². The van der Waals surface area contributed by atoms with Crippen LogP contribution < -0.4 is 5.32 Å². The Labute approximate surface area is 165 Å². The second kappa shape index (κ2) is 8.52. The fraction of sp³-hybridized carbons (Fsp3) is 0.136. The van der Waals surface area contributed by atoms with Crippen molar-refractivity contribution in [2.45, 2.75) is 23.4 Å². The van der Waals surface area contributed by atoms with Crippen LogP contribution in [0.2, 0.25) is 0 Å². The number of benzene rings is 3. The molecule has 0 saturated heterocycles. The van der Waals surface area contributed by atoms with E-state index in [0.29, 0.717) is 11.1 Å². The van der Waals surface area contributed by atoms with Gasteiger partial charge in [0.1, 0.15) is 5.37 Å². The van der Waals surface area contributed by atoms with Crippen molar-refractivity contribution in [1.82, 2.24) is 5.32 Å². The third-order valence-electron chi connectivity index (χ3n) is 4.18. The molecule has 1 unspecified atom stereocenters. The van der Waals surface area contributed by atoms with E-state index in [1.165, 1.54) is 23.9 Å². The average molecular weight is 401 g/mol. The number of carbonyl (C=O) groups is 1. The second-order valence-corrected chi connectivity index (χ2v) is 7.37. The number of alkyl halides is 3. The van der Waals surface area contributed by atoms with Crippen LogP contribution in [-0.2, 0) is 6.18 Å². The lowest BCUT2D eigenvalue weighted by molar-refractivity contribution is -0.137. The highest BCUT2D eigenvalue weighted by Crippen LogP contribution is 2.37. The third kappa shape index (κ3) is 4.95. The van der Waals surface area contributed by atoms with Crippen molar-refractivity contribution in [3.63, 3.8) is 0 Å². The van der Waals surface area contributed by atoms with Gasteiger partial charge in [0.25, 0.3) is 5.91 Å². The summed E-state index contributed by atoms with van der Waals surface area (Å²) in [5.74, 6) is -0.286. The van der Waals surface area contributed by atoms with Crippen LogP contribution >= 0.6 is 11.8 Å². The van der Waals surface area contributed by atoms with E-state index in [1.54, 1.807) is 24.3 Å². The highest BCUT2D eigenvalue weighted by Gasteiger charge is 2.30. The smallest absolute Gasteiger partial charge is 0.336 e. The molecule has 2 nitrogen and oxygen atoms in total. The SMILES string of the molecule is Cc1ccccc1SC(NC(=O)c1ccccc1)c1ccc(C(F)(F)F)cc1. The fourth-order valence-electron chi connectivity index (χ4n) is 2.64. The third-order valence-corrected chi connectivity index (χ3v) is 5.52. The number of halogens is 3. The first-order valence-corrected chi connectivity index (χ1v) is 9.48. The molecule has 3 rings (SSSR count). The highest BCUT2D eigenvalue weighted by molar-refractivity contribution is 7.99. The number of hydrogen-bond donors (Lipinski definition) is 1. The van der Waals surface area contributed by atoms with Crippen molar-refractivity contribution in [2.24, 2.45) is 0 Å². The fourth-order valence-corrected chi connectivity index (χ4v) is 3.76. The van der Waals surface area contributed by atoms with E-state index in [-0.39, 0.29) is 5.91 Å². The molecule has 0 heterocycles. The van der Waals surface area contributed by atoms with Gasteiger partial charge >= 0.3 is 6.18 Å². The molecule has 0 spiro atoms. The van der Waals surface area contributed by atoms with Crippen molar-refractivity contribution < 1.29 is 18.0 Å². The quantitative estimate of drug-likeness (QED) is 0.405. The summed E-state index contributed by atoms with van der Waals surface area (Å²) in [7, 11) is 0. The standard InChI is InChI=1S/C22H18F3NOS/c1-15-7-5-6-10-19(15)28-21(26-20(27)16-8-3-2-4-9-16)17-11-13-18(14-12-17)22(23,24)25/h2-14,21H,1H3,(H,26,27). The maximum Gasteiger partial charge on any atom is 0.416 e. The Kier molecular flexibility index (Phi) is 6.09. The first-order valence-electron chi connectivity index (χ1n) is 8.60. The molecule has 1 N–H and O–H groups in total. The van der Waals surface area contributed by atoms with Gasteiger partial charge in [-0.05, 0) is 48.4 Å². The van der Waals surface area contributed by atoms with Crippen LogP contribution in [0.4, 0.5) is 13.2 Å². The number of carbonyl (C=O) groups excluding carboxylic acids is 1. The van der Waals surface area contributed by atoms with Crippen LogP contribution in [-0.4, -0.2) is 5.91 Å². The Balaban J connectivity index is 1.90. The number of rotatable bonds is 5. The molecule has 3 aromatic carbocycles. The summed E-state index contributed by atoms with van der Waals surface area (Å²) >= 11 is 1.39. The van der Waals surface area contributed by atoms with Gasteiger partial charge in [0, 0.05) is 10.5 Å². The molecule has 1 atom stereocenters. The first-order chi connectivity index (χ1) is 13.3. The summed E-state index contributed by atoms with van der Waals surface area (Å²) in [6.07, 6.45) is -4.40. The van der Waals surface area contributed by atoms with Gasteiger partial charge in [0.05, 0.1) is 5.56 Å². The minimum Gasteiger partial charge on any atom is -0.336 e. The lowest BCUT2D eigenvalue weighted by atomic mass is 10.1. The molecule has 6 heteroatoms. The summed E-state index contributed by atoms with van der Waals surface area (Å²) in [6, 6.07) is 21.3. The molecular weight excluding hydrogens is 383 g/mol. The molecule has 0 aliphatic carbocycles. The Morgan fingerprint density at radius 1 is 0.893 bits per heavy atom. The Morgan fingerprint density at radius 3 is 2.11 bits per heavy atom. The van der Waals surface area contributed by atoms with E-state index in [1.807, 2.05) is 37.3 Å². The highest BCUT2D eigenvalue weighted by atomic mass is 32.2. The van der Waals surface area contributed by atoms with Gasteiger partial charge in [-0.15, -0.1) is 0 Å². The molecule has 0 aromatic heterocycles. The van der Waals surface area contributed by atoms with Gasteiger partial charge in [-0.1, -0.05) is 60.3 Å². The Morgan fingerprint density at radius 2 is 1.50 bits per heavy atom. The van der Waals surface area contributed by atoms with E-state index < -0.39 is 17.1 Å². The summed E-state index contributed by atoms with van der Waals surface area (Å²) in [4.78, 5) is 13.6. The van der Waals surface area contributed by atoms with Crippen LogP contribution in [0.3, 0.4) is 0 Å². The predicted octanol–water partition coefficient (Wildman–Crippen LogP) is 6.23. The van der Waals surface area contributed by atoms with Crippen LogP contribution in [0.25, 0.3) is 0 Å². The van der Waals surface area contributed by atoms with E-state index in [0.717, 1.165) is 22.6 Å². The van der Waals surface area contributed by atoms with Gasteiger partial charge < -0.3 is 5.32 Å². The van der Waals surface area contributed by atoms with E-state index in [2.05, 4.69) is 5.32 Å². The molecule has 0 saturated carbocycles. The topological polar surface area (TPSA) is 29.1 Å². The number of amides is 1. The largest absolute Gasteiger partial charge is 0.416 e. The summed E-state index contributed by atoms with van der Waals surface area (Å²) in [5.41, 5.74) is 1.39. The minimum atomic E-state index is -4.40. The van der Waals surface area contributed by atoms with E-state index in [9.17, 15) is 18.0 Å². The molecule has 0 fully saturated rings. The molecule has 0 aliphatic heterocycles. The molecule has 0 aliphatic rings. The molecule has 144 valence electrons. The predicted molar refractivity (Wildman–Crippen MR) is 105 cm³/mol. The first kappa shape index (κ1) is 20.0. The number of hydrogen-bond acceptors (Lipinski definition) is 2. The second-order valence-electron chi connectivity index (χ2n) is 6.22. The van der Waals surface area contributed by atoms with Gasteiger partial charge in [0.15, 0.2) is 0 Å². The van der Waals surface area contributed by atoms with Gasteiger partial charge in [0.2, 0.25) is 0 Å². The van der Waals surface area contributed by atoms with Gasteiger partial charge in [-0.3, -0.25) is 4.79 Å². The number of aryl methyl sites for hydroxylation is 1. The van der Waals surface area contributed by atoms with Crippen LogP contribution in [0.1, 0.15) is 32.4 Å². The zero-order valence-electron chi connectivity index (χ0n) is 15.0. The normalized spacial score (nSPS) is 12.4. The van der Waals surface area contributed by atoms with Gasteiger partial charge in [-0.25, -0.2) is 0 Å². The molecule has 1 amide bonds. The molecule has 3 aromatic rings. The zero-order chi connectivity index (χ0) is 20.1. The molecule has 28 heavy (non-hydrogen) atoms. The average Bonchev–Trinajstić information content (AvgIpc) is 2.69. The van der Waals surface area contributed by atoms with Crippen molar-refractivity contribution in [3.8, 4) is 0 Å². The van der Waals surface area contributed by atoms with Crippen LogP contribution in [0, 0.1) is 6.92 Å². The zero-order valence-corrected chi connectivity index (χ0v) is 15.8. The monoisotopic (exact) mass is 401 g/mol. The lowest BCUT2D eigenvalue weighted by Gasteiger charge is -2.20. The summed E-state index contributed by atoms with van der Waals surface area (Å²) in [6.45, 7) is 1.95. The number of nitrogens with one attached hydrogen (secondary N) is 1. The van der Waals surface area contributed by atoms with E-state index >= 15 is 0 Å². The van der Waals surface area contributed by atoms with Crippen molar-refractivity contribution >= 4 is 17.7 Å². The van der Waals surface area contributed by atoms with Crippen LogP contribution in [0.5, 0.6) is 0 Å². The number of thioether (sulfide) groups is 1. The van der Waals surface area contributed by atoms with Crippen molar-refractivity contribution in [2.75, 3.05) is 0 Å². The minimum absolute atomic E-state index is 0.286. The maximum atomic E-state index is 12.9. The Bertz CT molecular complexity index is 940. The van der Waals surface area contributed by atoms with Gasteiger partial charge in [-0.2, -0.15) is 13.2 Å². The molecular formula is C22H18F3NOS. The van der Waals surface area contributed by atoms with E-state index in [4.69, 9.17) is 0 Å². The summed E-state index contributed by atoms with van der Waals surface area (Å²) in [5, 5.41) is 2.39. The maximum absolute atomic E-state index is 12.9.